The number of primary amides is 1. The summed E-state index contributed by atoms with van der Waals surface area (Å²) in [6, 6.07) is 12.8. The van der Waals surface area contributed by atoms with Crippen LogP contribution in [0.5, 0.6) is 0 Å². The summed E-state index contributed by atoms with van der Waals surface area (Å²) in [5.74, 6) is -1.18. The number of carbonyl (C=O) groups excluding carboxylic acids is 2. The molecule has 0 bridgehead atoms. The predicted octanol–water partition coefficient (Wildman–Crippen LogP) is 0.504. The van der Waals surface area contributed by atoms with Gasteiger partial charge in [-0.3, -0.25) is 9.59 Å². The first-order chi connectivity index (χ1) is 11.2. The minimum atomic E-state index is -3.57. The Balaban J connectivity index is 1.99. The van der Waals surface area contributed by atoms with E-state index in [1.807, 2.05) is 0 Å². The van der Waals surface area contributed by atoms with Gasteiger partial charge in [-0.15, -0.1) is 0 Å². The number of rotatable bonds is 6. The van der Waals surface area contributed by atoms with Crippen molar-refractivity contribution in [2.45, 2.75) is 12.3 Å². The fourth-order valence-electron chi connectivity index (χ4n) is 2.08. The third-order valence-electron chi connectivity index (χ3n) is 3.25. The van der Waals surface area contributed by atoms with Crippen LogP contribution in [0, 0.1) is 0 Å². The number of benzene rings is 2. The second-order valence-electron chi connectivity index (χ2n) is 5.25. The van der Waals surface area contributed by atoms with Crippen molar-refractivity contribution in [2.75, 3.05) is 0 Å². The van der Waals surface area contributed by atoms with Crippen LogP contribution in [0.1, 0.15) is 31.8 Å². The van der Waals surface area contributed by atoms with E-state index in [0.717, 1.165) is 5.56 Å². The molecule has 0 fully saturated rings. The van der Waals surface area contributed by atoms with Crippen molar-refractivity contribution in [1.29, 1.82) is 0 Å². The summed E-state index contributed by atoms with van der Waals surface area (Å²) < 4.78 is 22.0. The number of sulfonamides is 1. The third kappa shape index (κ3) is 5.18. The van der Waals surface area contributed by atoms with Crippen molar-refractivity contribution >= 4 is 21.8 Å². The highest BCUT2D eigenvalue weighted by Gasteiger charge is 2.09. The van der Waals surface area contributed by atoms with Gasteiger partial charge in [0, 0.05) is 17.7 Å². The molecule has 0 aliphatic heterocycles. The number of nitrogens with one attached hydrogen (secondary N) is 1. The van der Waals surface area contributed by atoms with Gasteiger partial charge < -0.3 is 11.1 Å². The maximum Gasteiger partial charge on any atom is 0.251 e. The third-order valence-corrected chi connectivity index (χ3v) is 3.99. The van der Waals surface area contributed by atoms with Gasteiger partial charge in [-0.05, 0) is 29.3 Å². The summed E-state index contributed by atoms with van der Waals surface area (Å²) in [4.78, 5) is 23.2. The Morgan fingerprint density at radius 2 is 1.54 bits per heavy atom. The van der Waals surface area contributed by atoms with E-state index in [2.05, 4.69) is 5.32 Å². The molecule has 0 radical (unpaired) electrons. The van der Waals surface area contributed by atoms with Gasteiger partial charge >= 0.3 is 0 Å². The molecule has 126 valence electrons. The van der Waals surface area contributed by atoms with Gasteiger partial charge in [0.25, 0.3) is 5.91 Å². The minimum absolute atomic E-state index is 0.237. The van der Waals surface area contributed by atoms with Crippen molar-refractivity contribution in [2.24, 2.45) is 10.9 Å². The fraction of sp³-hybridized carbons (Fsp3) is 0.125. The van der Waals surface area contributed by atoms with Crippen LogP contribution in [0.25, 0.3) is 0 Å². The van der Waals surface area contributed by atoms with Gasteiger partial charge in [-0.25, -0.2) is 13.6 Å². The van der Waals surface area contributed by atoms with E-state index in [1.165, 1.54) is 12.1 Å². The van der Waals surface area contributed by atoms with Crippen molar-refractivity contribution in [3.63, 3.8) is 0 Å². The molecule has 7 nitrogen and oxygen atoms in total. The fourth-order valence-corrected chi connectivity index (χ4v) is 2.74. The van der Waals surface area contributed by atoms with Crippen LogP contribution >= 0.6 is 0 Å². The Kier molecular flexibility index (Phi) is 5.32. The van der Waals surface area contributed by atoms with Gasteiger partial charge in [-0.2, -0.15) is 0 Å². The van der Waals surface area contributed by atoms with Gasteiger partial charge in [-0.1, -0.05) is 30.3 Å². The Hall–Kier alpha value is -2.71. The monoisotopic (exact) mass is 347 g/mol. The summed E-state index contributed by atoms with van der Waals surface area (Å²) in [6.45, 7) is 0.259. The molecule has 5 N–H and O–H groups in total. The first-order valence-corrected chi connectivity index (χ1v) is 8.72. The zero-order valence-electron chi connectivity index (χ0n) is 12.7. The highest BCUT2D eigenvalue weighted by atomic mass is 32.2. The first-order valence-electron chi connectivity index (χ1n) is 7.01. The molecule has 0 spiro atoms. The van der Waals surface area contributed by atoms with Crippen molar-refractivity contribution < 1.29 is 18.0 Å². The Bertz CT molecular complexity index is 861. The number of hydrogen-bond acceptors (Lipinski definition) is 4. The Labute approximate surface area is 139 Å². The zero-order valence-corrected chi connectivity index (χ0v) is 13.5. The molecule has 2 rings (SSSR count). The molecular formula is C16H17N3O4S. The average Bonchev–Trinajstić information content (AvgIpc) is 2.52. The van der Waals surface area contributed by atoms with Gasteiger partial charge in [0.1, 0.15) is 0 Å². The lowest BCUT2D eigenvalue weighted by atomic mass is 10.1. The maximum absolute atomic E-state index is 12.1. The maximum atomic E-state index is 12.1. The highest BCUT2D eigenvalue weighted by Crippen LogP contribution is 2.08. The van der Waals surface area contributed by atoms with E-state index < -0.39 is 15.9 Å². The second kappa shape index (κ2) is 7.24. The van der Waals surface area contributed by atoms with Crippen LogP contribution < -0.4 is 16.2 Å². The summed E-state index contributed by atoms with van der Waals surface area (Å²) >= 11 is 0. The Morgan fingerprint density at radius 3 is 2.12 bits per heavy atom. The van der Waals surface area contributed by atoms with E-state index in [-0.39, 0.29) is 23.8 Å². The topological polar surface area (TPSA) is 132 Å². The van der Waals surface area contributed by atoms with Crippen LogP contribution in [0.4, 0.5) is 0 Å². The molecule has 2 aromatic carbocycles. The molecule has 0 atom stereocenters. The molecule has 24 heavy (non-hydrogen) atoms. The number of primary sulfonamides is 1. The van der Waals surface area contributed by atoms with E-state index in [0.29, 0.717) is 11.1 Å². The normalized spacial score (nSPS) is 11.0. The SMILES string of the molecule is NC(=O)c1cccc(C(=O)NCc2ccc(CS(N)(=O)=O)cc2)c1. The molecule has 0 unspecified atom stereocenters. The second-order valence-corrected chi connectivity index (χ2v) is 6.87. The van der Waals surface area contributed by atoms with Crippen LogP contribution in [0.3, 0.4) is 0 Å². The standard InChI is InChI=1S/C16H17N3O4S/c17-15(20)13-2-1-3-14(8-13)16(21)19-9-11-4-6-12(7-5-11)10-24(18,22)23/h1-8H,9-10H2,(H2,17,20)(H,19,21)(H2,18,22,23). The molecule has 0 aliphatic rings. The van der Waals surface area contributed by atoms with Crippen LogP contribution in [-0.4, -0.2) is 20.2 Å². The quantitative estimate of drug-likeness (QED) is 0.702. The lowest BCUT2D eigenvalue weighted by Crippen LogP contribution is -2.23. The first kappa shape index (κ1) is 17.6. The molecule has 0 saturated carbocycles. The van der Waals surface area contributed by atoms with Crippen LogP contribution in [0.2, 0.25) is 0 Å². The largest absolute Gasteiger partial charge is 0.366 e. The number of amides is 2. The van der Waals surface area contributed by atoms with Gasteiger partial charge in [0.15, 0.2) is 0 Å². The van der Waals surface area contributed by atoms with Crippen molar-refractivity contribution in [1.82, 2.24) is 5.32 Å². The van der Waals surface area contributed by atoms with Crippen LogP contribution in [0.15, 0.2) is 48.5 Å². The van der Waals surface area contributed by atoms with E-state index in [9.17, 15) is 18.0 Å². The van der Waals surface area contributed by atoms with Gasteiger partial charge in [0.05, 0.1) is 5.75 Å². The molecule has 0 heterocycles. The molecule has 2 aromatic rings. The van der Waals surface area contributed by atoms with E-state index in [4.69, 9.17) is 10.9 Å². The summed E-state index contributed by atoms with van der Waals surface area (Å²) in [5, 5.41) is 7.70. The average molecular weight is 347 g/mol. The van der Waals surface area contributed by atoms with E-state index >= 15 is 0 Å². The van der Waals surface area contributed by atoms with Gasteiger partial charge in [0.2, 0.25) is 15.9 Å². The number of hydrogen-bond donors (Lipinski definition) is 3. The summed E-state index contributed by atoms with van der Waals surface area (Å²) in [7, 11) is -3.57. The predicted molar refractivity (Wildman–Crippen MR) is 89.4 cm³/mol. The minimum Gasteiger partial charge on any atom is -0.366 e. The lowest BCUT2D eigenvalue weighted by Gasteiger charge is -2.07. The molecule has 8 heteroatoms. The highest BCUT2D eigenvalue weighted by molar-refractivity contribution is 7.88. The number of carbonyl (C=O) groups is 2. The summed E-state index contributed by atoms with van der Waals surface area (Å²) in [6.07, 6.45) is 0. The molecule has 0 aromatic heterocycles. The molecule has 0 saturated heterocycles. The molecule has 2 amide bonds. The lowest BCUT2D eigenvalue weighted by molar-refractivity contribution is 0.0951. The zero-order chi connectivity index (χ0) is 17.7. The molecule has 0 aliphatic carbocycles. The molecular weight excluding hydrogens is 330 g/mol. The Morgan fingerprint density at radius 1 is 0.958 bits per heavy atom. The summed E-state index contributed by atoms with van der Waals surface area (Å²) in [5.41, 5.74) is 7.14. The van der Waals surface area contributed by atoms with E-state index in [1.54, 1.807) is 36.4 Å². The smallest absolute Gasteiger partial charge is 0.251 e. The van der Waals surface area contributed by atoms with Crippen molar-refractivity contribution in [3.05, 3.63) is 70.8 Å². The number of nitrogens with two attached hydrogens (primary N) is 2. The van der Waals surface area contributed by atoms with Crippen molar-refractivity contribution in [3.8, 4) is 0 Å². The van der Waals surface area contributed by atoms with Crippen LogP contribution in [-0.2, 0) is 22.3 Å².